The van der Waals surface area contributed by atoms with Gasteiger partial charge in [-0.1, -0.05) is 13.8 Å². The van der Waals surface area contributed by atoms with Crippen molar-refractivity contribution >= 4 is 5.82 Å². The third-order valence-corrected chi connectivity index (χ3v) is 3.31. The lowest BCUT2D eigenvalue weighted by atomic mass is 10.1. The highest BCUT2D eigenvalue weighted by molar-refractivity contribution is 5.51. The van der Waals surface area contributed by atoms with Crippen molar-refractivity contribution in [2.45, 2.75) is 34.3 Å². The number of aryl methyl sites for hydroxylation is 2. The van der Waals surface area contributed by atoms with Crippen molar-refractivity contribution < 1.29 is 5.11 Å². The molecule has 4 nitrogen and oxygen atoms in total. The Morgan fingerprint density at radius 3 is 2.35 bits per heavy atom. The van der Waals surface area contributed by atoms with Gasteiger partial charge in [0, 0.05) is 30.9 Å². The molecule has 1 aromatic rings. The minimum atomic E-state index is 0.0466. The van der Waals surface area contributed by atoms with E-state index >= 15 is 0 Å². The van der Waals surface area contributed by atoms with E-state index in [0.29, 0.717) is 5.92 Å². The topological polar surface area (TPSA) is 39.6 Å². The van der Waals surface area contributed by atoms with Crippen molar-refractivity contribution in [3.05, 3.63) is 22.9 Å². The first-order valence-corrected chi connectivity index (χ1v) is 7.32. The zero-order chi connectivity index (χ0) is 15.3. The van der Waals surface area contributed by atoms with Crippen LogP contribution in [0.1, 0.15) is 30.7 Å². The van der Waals surface area contributed by atoms with Crippen LogP contribution in [0.15, 0.2) is 6.07 Å². The SMILES string of the molecule is Cc1cc(C)c(CO)c(N(CCN(C)C)CC(C)C)n1. The van der Waals surface area contributed by atoms with Crippen LogP contribution in [0.3, 0.4) is 0 Å². The Balaban J connectivity index is 3.11. The molecule has 114 valence electrons. The highest BCUT2D eigenvalue weighted by atomic mass is 16.3. The van der Waals surface area contributed by atoms with Crippen molar-refractivity contribution in [3.63, 3.8) is 0 Å². The van der Waals surface area contributed by atoms with Gasteiger partial charge in [0.25, 0.3) is 0 Å². The van der Waals surface area contributed by atoms with Gasteiger partial charge in [0.15, 0.2) is 0 Å². The van der Waals surface area contributed by atoms with E-state index in [9.17, 15) is 5.11 Å². The van der Waals surface area contributed by atoms with Crippen LogP contribution >= 0.6 is 0 Å². The second-order valence-corrected chi connectivity index (χ2v) is 6.18. The fourth-order valence-electron chi connectivity index (χ4n) is 2.35. The van der Waals surface area contributed by atoms with E-state index in [0.717, 1.165) is 42.3 Å². The van der Waals surface area contributed by atoms with Crippen LogP contribution in [-0.2, 0) is 6.61 Å². The second-order valence-electron chi connectivity index (χ2n) is 6.18. The minimum Gasteiger partial charge on any atom is -0.392 e. The maximum absolute atomic E-state index is 9.67. The summed E-state index contributed by atoms with van der Waals surface area (Å²) >= 11 is 0. The molecule has 0 aliphatic rings. The molecule has 0 aliphatic heterocycles. The lowest BCUT2D eigenvalue weighted by molar-refractivity contribution is 0.280. The molecule has 0 bridgehead atoms. The molecule has 20 heavy (non-hydrogen) atoms. The van der Waals surface area contributed by atoms with E-state index < -0.39 is 0 Å². The Labute approximate surface area is 123 Å². The van der Waals surface area contributed by atoms with Gasteiger partial charge in [-0.3, -0.25) is 0 Å². The average Bonchev–Trinajstić information content (AvgIpc) is 2.33. The number of likely N-dealkylation sites (N-methyl/N-ethyl adjacent to an activating group) is 1. The van der Waals surface area contributed by atoms with Crippen LogP contribution in [0, 0.1) is 19.8 Å². The number of rotatable bonds is 7. The van der Waals surface area contributed by atoms with E-state index in [1.54, 1.807) is 0 Å². The maximum Gasteiger partial charge on any atom is 0.134 e. The van der Waals surface area contributed by atoms with Gasteiger partial charge in [-0.25, -0.2) is 4.98 Å². The van der Waals surface area contributed by atoms with Gasteiger partial charge in [0.2, 0.25) is 0 Å². The van der Waals surface area contributed by atoms with Crippen LogP contribution in [0.4, 0.5) is 5.82 Å². The van der Waals surface area contributed by atoms with Gasteiger partial charge in [-0.05, 0) is 45.5 Å². The molecule has 1 aromatic heterocycles. The van der Waals surface area contributed by atoms with Crippen LogP contribution < -0.4 is 4.90 Å². The summed E-state index contributed by atoms with van der Waals surface area (Å²) in [7, 11) is 4.16. The third-order valence-electron chi connectivity index (χ3n) is 3.31. The van der Waals surface area contributed by atoms with Crippen LogP contribution in [0.2, 0.25) is 0 Å². The first-order valence-electron chi connectivity index (χ1n) is 7.32. The molecule has 0 atom stereocenters. The van der Waals surface area contributed by atoms with Crippen molar-refractivity contribution in [3.8, 4) is 0 Å². The summed E-state index contributed by atoms with van der Waals surface area (Å²) in [6.07, 6.45) is 0. The summed E-state index contributed by atoms with van der Waals surface area (Å²) in [6.45, 7) is 11.4. The summed E-state index contributed by atoms with van der Waals surface area (Å²) in [5.41, 5.74) is 3.08. The standard InChI is InChI=1S/C16H29N3O/c1-12(2)10-19(8-7-18(5)6)16-15(11-20)13(3)9-14(4)17-16/h9,12,20H,7-8,10-11H2,1-6H3. The quantitative estimate of drug-likeness (QED) is 0.831. The fourth-order valence-corrected chi connectivity index (χ4v) is 2.35. The molecular formula is C16H29N3O. The zero-order valence-electron chi connectivity index (χ0n) is 13.8. The normalized spacial score (nSPS) is 11.4. The molecule has 0 amide bonds. The first-order chi connectivity index (χ1) is 9.35. The van der Waals surface area contributed by atoms with E-state index in [4.69, 9.17) is 0 Å². The number of hydrogen-bond donors (Lipinski definition) is 1. The molecule has 0 unspecified atom stereocenters. The largest absolute Gasteiger partial charge is 0.392 e. The first kappa shape index (κ1) is 16.9. The number of aromatic nitrogens is 1. The number of aliphatic hydroxyl groups is 1. The minimum absolute atomic E-state index is 0.0466. The molecule has 0 saturated carbocycles. The zero-order valence-corrected chi connectivity index (χ0v) is 13.8. The molecule has 4 heteroatoms. The van der Waals surface area contributed by atoms with E-state index in [1.807, 2.05) is 19.9 Å². The Morgan fingerprint density at radius 1 is 1.20 bits per heavy atom. The lowest BCUT2D eigenvalue weighted by Gasteiger charge is -2.29. The van der Waals surface area contributed by atoms with E-state index in [1.165, 1.54) is 0 Å². The Hall–Kier alpha value is -1.13. The fraction of sp³-hybridized carbons (Fsp3) is 0.688. The highest BCUT2D eigenvalue weighted by Gasteiger charge is 2.16. The molecular weight excluding hydrogens is 250 g/mol. The molecule has 0 aliphatic carbocycles. The van der Waals surface area contributed by atoms with Crippen LogP contribution in [0.25, 0.3) is 0 Å². The predicted molar refractivity (Wildman–Crippen MR) is 85.2 cm³/mol. The van der Waals surface area contributed by atoms with E-state index in [2.05, 4.69) is 42.7 Å². The smallest absolute Gasteiger partial charge is 0.134 e. The average molecular weight is 279 g/mol. The predicted octanol–water partition coefficient (Wildman–Crippen LogP) is 2.21. The van der Waals surface area contributed by atoms with Crippen molar-refractivity contribution in [1.82, 2.24) is 9.88 Å². The number of aliphatic hydroxyl groups excluding tert-OH is 1. The molecule has 0 fully saturated rings. The summed E-state index contributed by atoms with van der Waals surface area (Å²) in [5.74, 6) is 1.51. The molecule has 1 N–H and O–H groups in total. The molecule has 1 rings (SSSR count). The number of nitrogens with zero attached hydrogens (tertiary/aromatic N) is 3. The lowest BCUT2D eigenvalue weighted by Crippen LogP contribution is -2.36. The molecule has 0 radical (unpaired) electrons. The summed E-state index contributed by atoms with van der Waals surface area (Å²) in [4.78, 5) is 9.16. The van der Waals surface area contributed by atoms with Gasteiger partial charge in [-0.15, -0.1) is 0 Å². The van der Waals surface area contributed by atoms with Gasteiger partial charge in [0.1, 0.15) is 5.82 Å². The number of anilines is 1. The molecule has 0 spiro atoms. The Kier molecular flexibility index (Phi) is 6.43. The van der Waals surface area contributed by atoms with Crippen LogP contribution in [0.5, 0.6) is 0 Å². The van der Waals surface area contributed by atoms with Gasteiger partial charge in [0.05, 0.1) is 6.61 Å². The Bertz CT molecular complexity index is 430. The number of hydrogen-bond acceptors (Lipinski definition) is 4. The van der Waals surface area contributed by atoms with Gasteiger partial charge in [-0.2, -0.15) is 0 Å². The van der Waals surface area contributed by atoms with Gasteiger partial charge >= 0.3 is 0 Å². The summed E-state index contributed by atoms with van der Waals surface area (Å²) in [5, 5.41) is 9.67. The van der Waals surface area contributed by atoms with Crippen molar-refractivity contribution in [2.24, 2.45) is 5.92 Å². The number of pyridine rings is 1. The van der Waals surface area contributed by atoms with Gasteiger partial charge < -0.3 is 14.9 Å². The maximum atomic E-state index is 9.67. The second kappa shape index (κ2) is 7.60. The van der Waals surface area contributed by atoms with Crippen molar-refractivity contribution in [2.75, 3.05) is 38.6 Å². The van der Waals surface area contributed by atoms with Crippen molar-refractivity contribution in [1.29, 1.82) is 0 Å². The third kappa shape index (κ3) is 4.76. The molecule has 0 aromatic carbocycles. The monoisotopic (exact) mass is 279 g/mol. The Morgan fingerprint density at radius 2 is 1.85 bits per heavy atom. The highest BCUT2D eigenvalue weighted by Crippen LogP contribution is 2.23. The molecule has 0 saturated heterocycles. The van der Waals surface area contributed by atoms with E-state index in [-0.39, 0.29) is 6.61 Å². The summed E-state index contributed by atoms with van der Waals surface area (Å²) < 4.78 is 0. The molecule has 1 heterocycles. The summed E-state index contributed by atoms with van der Waals surface area (Å²) in [6, 6.07) is 2.04. The van der Waals surface area contributed by atoms with Crippen LogP contribution in [-0.4, -0.2) is 48.7 Å².